The van der Waals surface area contributed by atoms with Gasteiger partial charge in [0.05, 0.1) is 10.6 Å². The Labute approximate surface area is 129 Å². The first-order valence-electron chi connectivity index (χ1n) is 5.76. The molecule has 6 nitrogen and oxygen atoms in total. The number of nitro benzene ring substituents is 1. The Hall–Kier alpha value is -2.18. The lowest BCUT2D eigenvalue weighted by atomic mass is 10.1. The minimum absolute atomic E-state index is 0.0351. The molecule has 0 saturated heterocycles. The molecule has 0 saturated carbocycles. The zero-order valence-electron chi connectivity index (χ0n) is 10.8. The van der Waals surface area contributed by atoms with Gasteiger partial charge in [-0.15, -0.1) is 0 Å². The van der Waals surface area contributed by atoms with Gasteiger partial charge in [-0.05, 0) is 30.7 Å². The molecule has 1 amide bonds. The van der Waals surface area contributed by atoms with Gasteiger partial charge < -0.3 is 5.32 Å². The highest BCUT2D eigenvalue weighted by Crippen LogP contribution is 2.27. The van der Waals surface area contributed by atoms with Crippen molar-refractivity contribution in [1.29, 1.82) is 0 Å². The Kier molecular flexibility index (Phi) is 4.40. The summed E-state index contributed by atoms with van der Waals surface area (Å²) in [4.78, 5) is 26.2. The number of anilines is 1. The van der Waals surface area contributed by atoms with Gasteiger partial charge in [0.1, 0.15) is 5.02 Å². The molecule has 0 bridgehead atoms. The number of nitrogens with one attached hydrogen (secondary N) is 1. The SMILES string of the molecule is Cc1ccnc(Cl)c1NC(=O)c1ccc(Cl)c([N+](=O)[O-])c1. The molecule has 0 aliphatic rings. The number of rotatable bonds is 3. The summed E-state index contributed by atoms with van der Waals surface area (Å²) in [5.41, 5.74) is 0.859. The van der Waals surface area contributed by atoms with Crippen molar-refractivity contribution in [2.45, 2.75) is 6.92 Å². The third-order valence-corrected chi connectivity index (χ3v) is 3.36. The summed E-state index contributed by atoms with van der Waals surface area (Å²) in [7, 11) is 0. The van der Waals surface area contributed by atoms with Crippen molar-refractivity contribution in [1.82, 2.24) is 4.98 Å². The molecular formula is C13H9Cl2N3O3. The van der Waals surface area contributed by atoms with Crippen molar-refractivity contribution < 1.29 is 9.72 Å². The van der Waals surface area contributed by atoms with Gasteiger partial charge in [-0.25, -0.2) is 4.98 Å². The van der Waals surface area contributed by atoms with Crippen molar-refractivity contribution in [2.75, 3.05) is 5.32 Å². The van der Waals surface area contributed by atoms with Crippen molar-refractivity contribution in [3.05, 3.63) is 61.9 Å². The third kappa shape index (κ3) is 3.29. The average molecular weight is 326 g/mol. The summed E-state index contributed by atoms with van der Waals surface area (Å²) in [6.45, 7) is 1.76. The molecule has 2 aromatic rings. The summed E-state index contributed by atoms with van der Waals surface area (Å²) in [6, 6.07) is 5.49. The molecule has 1 heterocycles. The van der Waals surface area contributed by atoms with E-state index in [0.717, 1.165) is 11.6 Å². The second kappa shape index (κ2) is 6.07. The van der Waals surface area contributed by atoms with Gasteiger partial charge in [-0.3, -0.25) is 14.9 Å². The fourth-order valence-corrected chi connectivity index (χ4v) is 2.09. The van der Waals surface area contributed by atoms with Gasteiger partial charge in [0.25, 0.3) is 11.6 Å². The zero-order chi connectivity index (χ0) is 15.6. The van der Waals surface area contributed by atoms with Gasteiger partial charge in [0.15, 0.2) is 5.15 Å². The summed E-state index contributed by atoms with van der Waals surface area (Å²) >= 11 is 11.6. The van der Waals surface area contributed by atoms with Gasteiger partial charge >= 0.3 is 0 Å². The molecule has 0 spiro atoms. The lowest BCUT2D eigenvalue weighted by Crippen LogP contribution is -2.13. The Bertz CT molecular complexity index is 714. The van der Waals surface area contributed by atoms with Crippen LogP contribution >= 0.6 is 23.2 Å². The van der Waals surface area contributed by atoms with Crippen molar-refractivity contribution in [3.63, 3.8) is 0 Å². The van der Waals surface area contributed by atoms with Gasteiger partial charge in [0.2, 0.25) is 0 Å². The van der Waals surface area contributed by atoms with E-state index in [0.29, 0.717) is 5.69 Å². The van der Waals surface area contributed by atoms with Crippen molar-refractivity contribution in [2.24, 2.45) is 0 Å². The Morgan fingerprint density at radius 2 is 2.05 bits per heavy atom. The molecule has 8 heteroatoms. The van der Waals surface area contributed by atoms with Gasteiger partial charge in [-0.1, -0.05) is 23.2 Å². The van der Waals surface area contributed by atoms with Crippen LogP contribution in [0.3, 0.4) is 0 Å². The van der Waals surface area contributed by atoms with E-state index in [1.807, 2.05) is 0 Å². The number of hydrogen-bond acceptors (Lipinski definition) is 4. The lowest BCUT2D eigenvalue weighted by molar-refractivity contribution is -0.384. The molecule has 1 aromatic carbocycles. The van der Waals surface area contributed by atoms with Crippen molar-refractivity contribution >= 4 is 40.5 Å². The van der Waals surface area contributed by atoms with E-state index in [1.54, 1.807) is 13.0 Å². The molecule has 0 radical (unpaired) electrons. The maximum Gasteiger partial charge on any atom is 0.288 e. The number of halogens is 2. The molecule has 21 heavy (non-hydrogen) atoms. The van der Waals surface area contributed by atoms with Crippen LogP contribution in [-0.4, -0.2) is 15.8 Å². The first-order valence-corrected chi connectivity index (χ1v) is 6.52. The van der Waals surface area contributed by atoms with Gasteiger partial charge in [0, 0.05) is 17.8 Å². The molecule has 0 fully saturated rings. The van der Waals surface area contributed by atoms with Crippen LogP contribution in [0, 0.1) is 17.0 Å². The van der Waals surface area contributed by atoms with Crippen LogP contribution in [0.1, 0.15) is 15.9 Å². The Balaban J connectivity index is 2.33. The number of carbonyl (C=O) groups excluding carboxylic acids is 1. The summed E-state index contributed by atoms with van der Waals surface area (Å²) in [5, 5.41) is 13.5. The number of carbonyl (C=O) groups is 1. The Morgan fingerprint density at radius 1 is 1.33 bits per heavy atom. The predicted molar refractivity (Wildman–Crippen MR) is 80.0 cm³/mol. The van der Waals surface area contributed by atoms with Crippen LogP contribution in [0.25, 0.3) is 0 Å². The number of aryl methyl sites for hydroxylation is 1. The number of pyridine rings is 1. The second-order valence-corrected chi connectivity index (χ2v) is 4.94. The molecule has 0 atom stereocenters. The zero-order valence-corrected chi connectivity index (χ0v) is 12.3. The van der Waals surface area contributed by atoms with Crippen LogP contribution in [0.15, 0.2) is 30.5 Å². The van der Waals surface area contributed by atoms with E-state index in [2.05, 4.69) is 10.3 Å². The predicted octanol–water partition coefficient (Wildman–Crippen LogP) is 3.86. The summed E-state index contributed by atoms with van der Waals surface area (Å²) in [6.07, 6.45) is 1.51. The summed E-state index contributed by atoms with van der Waals surface area (Å²) < 4.78 is 0. The quantitative estimate of drug-likeness (QED) is 0.527. The summed E-state index contributed by atoms with van der Waals surface area (Å²) in [5.74, 6) is -0.534. The smallest absolute Gasteiger partial charge is 0.288 e. The standard InChI is InChI=1S/C13H9Cl2N3O3/c1-7-4-5-16-12(15)11(7)17-13(19)8-2-3-9(14)10(6-8)18(20)21/h2-6H,1H3,(H,17,19). The monoisotopic (exact) mass is 325 g/mol. The van der Waals surface area contributed by atoms with E-state index in [4.69, 9.17) is 23.2 Å². The molecule has 2 rings (SSSR count). The molecule has 0 unspecified atom stereocenters. The van der Waals surface area contributed by atoms with Crippen LogP contribution in [-0.2, 0) is 0 Å². The van der Waals surface area contributed by atoms with Crippen molar-refractivity contribution in [3.8, 4) is 0 Å². The van der Waals surface area contributed by atoms with E-state index < -0.39 is 10.8 Å². The van der Waals surface area contributed by atoms with Gasteiger partial charge in [-0.2, -0.15) is 0 Å². The fraction of sp³-hybridized carbons (Fsp3) is 0.0769. The first-order chi connectivity index (χ1) is 9.90. The molecule has 1 N–H and O–H groups in total. The highest BCUT2D eigenvalue weighted by molar-refractivity contribution is 6.33. The van der Waals surface area contributed by atoms with Crippen LogP contribution < -0.4 is 5.32 Å². The minimum atomic E-state index is -0.651. The van der Waals surface area contributed by atoms with E-state index >= 15 is 0 Å². The molecule has 108 valence electrons. The molecular weight excluding hydrogens is 317 g/mol. The highest BCUT2D eigenvalue weighted by Gasteiger charge is 2.17. The molecule has 1 aromatic heterocycles. The lowest BCUT2D eigenvalue weighted by Gasteiger charge is -2.09. The number of nitro groups is 1. The normalized spacial score (nSPS) is 10.2. The molecule has 0 aliphatic heterocycles. The maximum atomic E-state index is 12.1. The van der Waals surface area contributed by atoms with Crippen LogP contribution in [0.5, 0.6) is 0 Å². The number of aromatic nitrogens is 1. The average Bonchev–Trinajstić information content (AvgIpc) is 2.43. The number of benzene rings is 1. The van der Waals surface area contributed by atoms with Crippen LogP contribution in [0.2, 0.25) is 10.2 Å². The maximum absolute atomic E-state index is 12.1. The highest BCUT2D eigenvalue weighted by atomic mass is 35.5. The minimum Gasteiger partial charge on any atom is -0.319 e. The molecule has 0 aliphatic carbocycles. The van der Waals surface area contributed by atoms with E-state index in [1.165, 1.54) is 18.3 Å². The van der Waals surface area contributed by atoms with Crippen LogP contribution in [0.4, 0.5) is 11.4 Å². The Morgan fingerprint density at radius 3 is 2.67 bits per heavy atom. The number of nitrogens with zero attached hydrogens (tertiary/aromatic N) is 2. The van der Waals surface area contributed by atoms with E-state index in [-0.39, 0.29) is 21.4 Å². The number of hydrogen-bond donors (Lipinski definition) is 1. The number of amides is 1. The fourth-order valence-electron chi connectivity index (χ4n) is 1.65. The topological polar surface area (TPSA) is 85.1 Å². The van der Waals surface area contributed by atoms with E-state index in [9.17, 15) is 14.9 Å². The first kappa shape index (κ1) is 15.2. The second-order valence-electron chi connectivity index (χ2n) is 4.17. The third-order valence-electron chi connectivity index (χ3n) is 2.76. The largest absolute Gasteiger partial charge is 0.319 e.